The lowest BCUT2D eigenvalue weighted by molar-refractivity contribution is -0.149. The van der Waals surface area contributed by atoms with E-state index in [-0.39, 0.29) is 5.75 Å². The first-order chi connectivity index (χ1) is 17.7. The number of rotatable bonds is 7. The highest BCUT2D eigenvalue weighted by Crippen LogP contribution is 2.33. The monoisotopic (exact) mass is 506 g/mol. The third-order valence-corrected chi connectivity index (χ3v) is 7.26. The van der Waals surface area contributed by atoms with Crippen LogP contribution in [0.3, 0.4) is 0 Å². The molecule has 4 aromatic rings. The van der Waals surface area contributed by atoms with Gasteiger partial charge in [0.15, 0.2) is 0 Å². The number of aromatic nitrogens is 3. The van der Waals surface area contributed by atoms with Gasteiger partial charge in [0.2, 0.25) is 0 Å². The molecule has 1 saturated heterocycles. The van der Waals surface area contributed by atoms with E-state index in [0.29, 0.717) is 37.9 Å². The number of hydrogen-bond acceptors (Lipinski definition) is 5. The molecule has 0 saturated carbocycles. The maximum absolute atomic E-state index is 12.9. The second kappa shape index (κ2) is 9.80. The van der Waals surface area contributed by atoms with Gasteiger partial charge in [-0.25, -0.2) is 4.98 Å². The minimum absolute atomic E-state index is 0.154. The molecular weight excluding hydrogens is 478 g/mol. The van der Waals surface area contributed by atoms with Gasteiger partial charge in [-0.2, -0.15) is 8.78 Å². The van der Waals surface area contributed by atoms with Crippen molar-refractivity contribution in [3.05, 3.63) is 77.9 Å². The van der Waals surface area contributed by atoms with Crippen molar-refractivity contribution in [1.29, 1.82) is 0 Å². The summed E-state index contributed by atoms with van der Waals surface area (Å²) in [6.07, 6.45) is 5.35. The Balaban J connectivity index is 1.39. The molecule has 4 heterocycles. The Morgan fingerprint density at radius 2 is 1.89 bits per heavy atom. The summed E-state index contributed by atoms with van der Waals surface area (Å²) in [5, 5.41) is 9.47. The number of aryl methyl sites for hydroxylation is 1. The van der Waals surface area contributed by atoms with E-state index in [1.807, 2.05) is 48.0 Å². The maximum Gasteiger partial charge on any atom is 0.387 e. The van der Waals surface area contributed by atoms with Crippen molar-refractivity contribution in [2.45, 2.75) is 39.7 Å². The van der Waals surface area contributed by atoms with Crippen LogP contribution in [0, 0.1) is 12.3 Å². The van der Waals surface area contributed by atoms with Gasteiger partial charge in [0.25, 0.3) is 0 Å². The number of fused-ring (bicyclic) bond motifs is 1. The van der Waals surface area contributed by atoms with E-state index in [1.54, 1.807) is 31.2 Å². The molecule has 1 fully saturated rings. The Bertz CT molecular complexity index is 1430. The van der Waals surface area contributed by atoms with Gasteiger partial charge in [-0.05, 0) is 57.0 Å². The summed E-state index contributed by atoms with van der Waals surface area (Å²) < 4.78 is 32.5. The highest BCUT2D eigenvalue weighted by molar-refractivity contribution is 5.74. The lowest BCUT2D eigenvalue weighted by atomic mass is 9.80. The van der Waals surface area contributed by atoms with Gasteiger partial charge in [-0.15, -0.1) is 0 Å². The van der Waals surface area contributed by atoms with Gasteiger partial charge in [0.1, 0.15) is 11.4 Å². The Morgan fingerprint density at radius 1 is 1.14 bits per heavy atom. The molecule has 1 N–H and O–H groups in total. The van der Waals surface area contributed by atoms with Crippen molar-refractivity contribution < 1.29 is 23.4 Å². The number of anilines is 1. The number of carboxylic acid groups (broad SMARTS) is 1. The Hall–Kier alpha value is -4.01. The predicted octanol–water partition coefficient (Wildman–Crippen LogP) is 5.59. The summed E-state index contributed by atoms with van der Waals surface area (Å²) in [6, 6.07) is 14.6. The molecule has 37 heavy (non-hydrogen) atoms. The smallest absolute Gasteiger partial charge is 0.387 e. The molecule has 0 aliphatic carbocycles. The molecule has 5 rings (SSSR count). The molecule has 1 aliphatic rings. The molecule has 0 spiro atoms. The van der Waals surface area contributed by atoms with Crippen molar-refractivity contribution in [3.8, 4) is 17.0 Å². The number of piperidine rings is 1. The highest BCUT2D eigenvalue weighted by Gasteiger charge is 2.36. The highest BCUT2D eigenvalue weighted by atomic mass is 19.3. The summed E-state index contributed by atoms with van der Waals surface area (Å²) in [5.41, 5.74) is 5.08. The molecule has 0 radical (unpaired) electrons. The van der Waals surface area contributed by atoms with Crippen LogP contribution in [-0.4, -0.2) is 45.1 Å². The van der Waals surface area contributed by atoms with Crippen molar-refractivity contribution in [2.24, 2.45) is 5.41 Å². The van der Waals surface area contributed by atoms with Crippen LogP contribution in [0.25, 0.3) is 16.9 Å². The lowest BCUT2D eigenvalue weighted by Gasteiger charge is -2.37. The van der Waals surface area contributed by atoms with Crippen molar-refractivity contribution in [2.75, 3.05) is 18.0 Å². The zero-order valence-electron chi connectivity index (χ0n) is 20.7. The van der Waals surface area contributed by atoms with Gasteiger partial charge in [-0.1, -0.05) is 18.2 Å². The minimum atomic E-state index is -2.89. The zero-order valence-corrected chi connectivity index (χ0v) is 20.7. The van der Waals surface area contributed by atoms with E-state index in [4.69, 9.17) is 4.74 Å². The van der Waals surface area contributed by atoms with Gasteiger partial charge >= 0.3 is 12.6 Å². The molecule has 0 bridgehead atoms. The van der Waals surface area contributed by atoms with Crippen LogP contribution in [0.5, 0.6) is 5.75 Å². The topological polar surface area (TPSA) is 80.0 Å². The number of ether oxygens (including phenoxy) is 1. The molecular formula is C28H28F2N4O3. The first kappa shape index (κ1) is 24.7. The fourth-order valence-corrected chi connectivity index (χ4v) is 4.83. The molecule has 3 aromatic heterocycles. The van der Waals surface area contributed by atoms with Crippen LogP contribution < -0.4 is 9.64 Å². The summed E-state index contributed by atoms with van der Waals surface area (Å²) in [6.45, 7) is 2.16. The lowest BCUT2D eigenvalue weighted by Crippen LogP contribution is -2.42. The number of carbonyl (C=O) groups is 1. The van der Waals surface area contributed by atoms with Crippen molar-refractivity contribution in [3.63, 3.8) is 0 Å². The Kier molecular flexibility index (Phi) is 6.54. The number of hydrogen-bond donors (Lipinski definition) is 1. The predicted molar refractivity (Wildman–Crippen MR) is 136 cm³/mol. The Labute approximate surface area is 213 Å². The summed E-state index contributed by atoms with van der Waals surface area (Å²) in [7, 11) is 0. The van der Waals surface area contributed by atoms with Gasteiger partial charge in [0, 0.05) is 42.5 Å². The number of nitrogens with zero attached hydrogens (tertiary/aromatic N) is 4. The number of halogens is 2. The average molecular weight is 507 g/mol. The van der Waals surface area contributed by atoms with E-state index >= 15 is 0 Å². The fraction of sp³-hybridized carbons (Fsp3) is 0.321. The van der Waals surface area contributed by atoms with Crippen LogP contribution in [0.15, 0.2) is 60.9 Å². The van der Waals surface area contributed by atoms with Gasteiger partial charge in [0.05, 0.1) is 28.7 Å². The number of alkyl halides is 2. The fourth-order valence-electron chi connectivity index (χ4n) is 4.83. The molecule has 0 unspecified atom stereocenters. The molecule has 0 amide bonds. The minimum Gasteiger partial charge on any atom is -0.481 e. The SMILES string of the molecule is Cc1nc2ccc(-c3ccc(N4CCC(C)(C(=O)O)CC4)cn3)cn2c1Cc1ccccc1OC(F)F. The van der Waals surface area contributed by atoms with Crippen LogP contribution in [0.2, 0.25) is 0 Å². The summed E-state index contributed by atoms with van der Waals surface area (Å²) in [4.78, 5) is 23.0. The Morgan fingerprint density at radius 3 is 2.57 bits per heavy atom. The summed E-state index contributed by atoms with van der Waals surface area (Å²) >= 11 is 0. The van der Waals surface area contributed by atoms with Crippen LogP contribution >= 0.6 is 0 Å². The van der Waals surface area contributed by atoms with E-state index in [2.05, 4.69) is 14.9 Å². The zero-order chi connectivity index (χ0) is 26.2. The van der Waals surface area contributed by atoms with Gasteiger partial charge in [-0.3, -0.25) is 9.78 Å². The normalized spacial score (nSPS) is 15.3. The third-order valence-electron chi connectivity index (χ3n) is 7.26. The van der Waals surface area contributed by atoms with E-state index in [0.717, 1.165) is 34.0 Å². The van der Waals surface area contributed by atoms with Crippen LogP contribution in [-0.2, 0) is 11.2 Å². The van der Waals surface area contributed by atoms with E-state index in [1.165, 1.54) is 0 Å². The molecule has 1 aromatic carbocycles. The summed E-state index contributed by atoms with van der Waals surface area (Å²) in [5.74, 6) is -0.586. The van der Waals surface area contributed by atoms with E-state index < -0.39 is 18.0 Å². The molecule has 0 atom stereocenters. The maximum atomic E-state index is 12.9. The number of aliphatic carboxylic acids is 1. The quantitative estimate of drug-likeness (QED) is 0.352. The largest absolute Gasteiger partial charge is 0.481 e. The van der Waals surface area contributed by atoms with Crippen LogP contribution in [0.4, 0.5) is 14.5 Å². The second-order valence-electron chi connectivity index (χ2n) is 9.71. The van der Waals surface area contributed by atoms with E-state index in [9.17, 15) is 18.7 Å². The standard InChI is InChI=1S/C28H28F2N4O3/c1-18-23(15-19-5-3-4-6-24(19)37-27(29)30)34-17-20(7-10-25(34)32-18)22-9-8-21(16-31-22)33-13-11-28(2,12-14-33)26(35)36/h3-10,16-17,27H,11-15H2,1-2H3,(H,35,36). The molecule has 7 nitrogen and oxygen atoms in total. The molecule has 192 valence electrons. The van der Waals surface area contributed by atoms with Crippen molar-refractivity contribution >= 4 is 17.3 Å². The van der Waals surface area contributed by atoms with Gasteiger partial charge < -0.3 is 19.1 Å². The third kappa shape index (κ3) is 4.98. The van der Waals surface area contributed by atoms with Crippen molar-refractivity contribution in [1.82, 2.24) is 14.4 Å². The number of carboxylic acids is 1. The van der Waals surface area contributed by atoms with Crippen LogP contribution in [0.1, 0.15) is 36.7 Å². The average Bonchev–Trinajstić information content (AvgIpc) is 3.19. The first-order valence-electron chi connectivity index (χ1n) is 12.2. The second-order valence-corrected chi connectivity index (χ2v) is 9.71. The first-order valence-corrected chi connectivity index (χ1v) is 12.2. The number of benzene rings is 1. The number of imidazole rings is 1. The number of pyridine rings is 2. The molecule has 9 heteroatoms. The molecule has 1 aliphatic heterocycles. The number of para-hydroxylation sites is 1.